The number of aliphatic hydroxyl groups excluding tert-OH is 2. The van der Waals surface area contributed by atoms with Crippen molar-refractivity contribution in [1.82, 2.24) is 29.3 Å². The van der Waals surface area contributed by atoms with Crippen LogP contribution in [0.1, 0.15) is 66.9 Å². The first-order valence-electron chi connectivity index (χ1n) is 15.9. The van der Waals surface area contributed by atoms with E-state index in [1.54, 1.807) is 11.0 Å². The molecular formula is C34H41N9O2. The first-order chi connectivity index (χ1) is 21.9. The van der Waals surface area contributed by atoms with Gasteiger partial charge in [0.05, 0.1) is 24.1 Å². The second kappa shape index (κ2) is 12.6. The molecule has 2 aromatic carbocycles. The Morgan fingerprint density at radius 2 is 1.56 bits per heavy atom. The van der Waals surface area contributed by atoms with Crippen LogP contribution in [0.2, 0.25) is 0 Å². The molecule has 0 aliphatic heterocycles. The number of nitrogens with two attached hydrogens (primary N) is 1. The van der Waals surface area contributed by atoms with Crippen molar-refractivity contribution in [2.45, 2.75) is 81.3 Å². The summed E-state index contributed by atoms with van der Waals surface area (Å²) in [6.07, 6.45) is 5.86. The molecular weight excluding hydrogens is 566 g/mol. The Labute approximate surface area is 262 Å². The van der Waals surface area contributed by atoms with E-state index >= 15 is 0 Å². The number of aryl methyl sites for hydroxylation is 1. The highest BCUT2D eigenvalue weighted by atomic mass is 16.3. The van der Waals surface area contributed by atoms with Gasteiger partial charge in [-0.1, -0.05) is 60.7 Å². The molecule has 6 N–H and O–H groups in total. The third-order valence-corrected chi connectivity index (χ3v) is 9.46. The molecule has 0 radical (unpaired) electrons. The van der Waals surface area contributed by atoms with Crippen LogP contribution in [0.3, 0.4) is 0 Å². The molecule has 2 aliphatic carbocycles. The fraction of sp³-hybridized carbons (Fsp3) is 0.412. The molecule has 0 spiro atoms. The van der Waals surface area contributed by atoms with Gasteiger partial charge >= 0.3 is 0 Å². The molecule has 2 fully saturated rings. The van der Waals surface area contributed by atoms with Crippen molar-refractivity contribution in [3.63, 3.8) is 0 Å². The van der Waals surface area contributed by atoms with Crippen LogP contribution in [-0.2, 0) is 0 Å². The van der Waals surface area contributed by atoms with E-state index < -0.39 is 18.2 Å². The predicted octanol–water partition coefficient (Wildman–Crippen LogP) is 4.16. The van der Waals surface area contributed by atoms with Crippen LogP contribution in [0.5, 0.6) is 0 Å². The maximum atomic E-state index is 11.3. The van der Waals surface area contributed by atoms with Crippen LogP contribution in [0, 0.1) is 6.92 Å². The quantitative estimate of drug-likeness (QED) is 0.166. The summed E-state index contributed by atoms with van der Waals surface area (Å²) in [5.74, 6) is 1.22. The molecule has 11 nitrogen and oxygen atoms in total. The second-order valence-corrected chi connectivity index (χ2v) is 12.5. The molecule has 5 aromatic rings. The number of rotatable bonds is 9. The van der Waals surface area contributed by atoms with Gasteiger partial charge in [0.25, 0.3) is 0 Å². The number of anilines is 2. The van der Waals surface area contributed by atoms with Gasteiger partial charge in [-0.3, -0.25) is 4.68 Å². The smallest absolute Gasteiger partial charge is 0.227 e. The molecule has 0 amide bonds. The van der Waals surface area contributed by atoms with Crippen molar-refractivity contribution >= 4 is 22.9 Å². The summed E-state index contributed by atoms with van der Waals surface area (Å²) in [6, 6.07) is 22.5. The highest BCUT2D eigenvalue weighted by Crippen LogP contribution is 2.40. The number of aliphatic hydroxyl groups is 2. The SMILES string of the molecule is Cc1ccn(C2C[C@H](n3cnc4c(NCC(c5ccccc5)c5ccccc5)nc(NC5CCC(N)CC5)nc43)[C@H](O)[C@@H]2O)n1. The Bertz CT molecular complexity index is 1680. The number of fused-ring (bicyclic) bond motifs is 1. The molecule has 0 saturated heterocycles. The van der Waals surface area contributed by atoms with Gasteiger partial charge in [0.15, 0.2) is 17.0 Å². The van der Waals surface area contributed by atoms with Crippen molar-refractivity contribution in [2.75, 3.05) is 17.2 Å². The van der Waals surface area contributed by atoms with Gasteiger partial charge in [-0.25, -0.2) is 4.98 Å². The zero-order valence-corrected chi connectivity index (χ0v) is 25.4. The van der Waals surface area contributed by atoms with E-state index in [1.807, 2.05) is 35.9 Å². The maximum absolute atomic E-state index is 11.3. The van der Waals surface area contributed by atoms with Gasteiger partial charge in [-0.2, -0.15) is 15.1 Å². The fourth-order valence-electron chi connectivity index (χ4n) is 6.93. The normalized spacial score (nSPS) is 25.2. The highest BCUT2D eigenvalue weighted by molar-refractivity contribution is 5.84. The van der Waals surface area contributed by atoms with Crippen molar-refractivity contribution < 1.29 is 10.2 Å². The Kier molecular flexibility index (Phi) is 8.22. The van der Waals surface area contributed by atoms with E-state index in [-0.39, 0.29) is 24.0 Å². The Hall–Kier alpha value is -4.32. The zero-order chi connectivity index (χ0) is 30.9. The lowest BCUT2D eigenvalue weighted by molar-refractivity contribution is 0.00719. The third-order valence-electron chi connectivity index (χ3n) is 9.46. The van der Waals surface area contributed by atoms with Gasteiger partial charge in [0.2, 0.25) is 5.95 Å². The average Bonchev–Trinajstić information content (AvgIpc) is 3.76. The van der Waals surface area contributed by atoms with Gasteiger partial charge in [-0.05, 0) is 56.2 Å². The summed E-state index contributed by atoms with van der Waals surface area (Å²) in [7, 11) is 0. The monoisotopic (exact) mass is 607 g/mol. The van der Waals surface area contributed by atoms with Crippen molar-refractivity contribution in [2.24, 2.45) is 5.73 Å². The van der Waals surface area contributed by atoms with Gasteiger partial charge in [0, 0.05) is 30.7 Å². The van der Waals surface area contributed by atoms with Crippen LogP contribution < -0.4 is 16.4 Å². The number of hydrogen-bond acceptors (Lipinski definition) is 9. The maximum Gasteiger partial charge on any atom is 0.227 e. The molecule has 7 rings (SSSR count). The highest BCUT2D eigenvalue weighted by Gasteiger charge is 2.44. The molecule has 3 aromatic heterocycles. The molecule has 11 heteroatoms. The topological polar surface area (TPSA) is 152 Å². The Morgan fingerprint density at radius 1 is 0.889 bits per heavy atom. The van der Waals surface area contributed by atoms with Crippen molar-refractivity contribution in [3.8, 4) is 0 Å². The van der Waals surface area contributed by atoms with Crippen LogP contribution in [-0.4, -0.2) is 70.3 Å². The van der Waals surface area contributed by atoms with Gasteiger partial charge in [0.1, 0.15) is 12.2 Å². The largest absolute Gasteiger partial charge is 0.388 e. The molecule has 1 unspecified atom stereocenters. The second-order valence-electron chi connectivity index (χ2n) is 12.5. The molecule has 3 heterocycles. The predicted molar refractivity (Wildman–Crippen MR) is 174 cm³/mol. The lowest BCUT2D eigenvalue weighted by atomic mass is 9.91. The molecule has 2 saturated carbocycles. The number of benzene rings is 2. The summed E-state index contributed by atoms with van der Waals surface area (Å²) >= 11 is 0. The number of imidazole rings is 1. The van der Waals surface area contributed by atoms with Crippen LogP contribution in [0.15, 0.2) is 79.3 Å². The van der Waals surface area contributed by atoms with Crippen LogP contribution in [0.4, 0.5) is 11.8 Å². The third kappa shape index (κ3) is 6.03. The zero-order valence-electron chi connectivity index (χ0n) is 25.4. The lowest BCUT2D eigenvalue weighted by Crippen LogP contribution is -2.33. The van der Waals surface area contributed by atoms with Crippen LogP contribution >= 0.6 is 0 Å². The number of aromatic nitrogens is 6. The first kappa shape index (κ1) is 29.4. The average molecular weight is 608 g/mol. The van der Waals surface area contributed by atoms with E-state index in [2.05, 4.69) is 64.3 Å². The first-order valence-corrected chi connectivity index (χ1v) is 15.9. The van der Waals surface area contributed by atoms with E-state index in [4.69, 9.17) is 20.7 Å². The molecule has 4 atom stereocenters. The molecule has 234 valence electrons. The fourth-order valence-corrected chi connectivity index (χ4v) is 6.93. The minimum atomic E-state index is -1.01. The minimum absolute atomic E-state index is 0.0841. The molecule has 2 aliphatic rings. The van der Waals surface area contributed by atoms with E-state index in [9.17, 15) is 10.2 Å². The van der Waals surface area contributed by atoms with E-state index in [0.29, 0.717) is 35.9 Å². The standard InChI is InChI=1S/C34H41N9O2/c1-21-16-17-43(41-21)28-18-27(30(44)31(28)45)42-20-37-29-32(39-34(40-33(29)42)38-25-14-12-24(35)13-15-25)36-19-26(22-8-4-2-5-9-22)23-10-6-3-7-11-23/h2-11,16-17,20,24-28,30-31,44-45H,12-15,18-19,35H2,1H3,(H2,36,38,39,40)/t24?,25?,27-,28?,30-,31+/m0/s1. The van der Waals surface area contributed by atoms with E-state index in [1.165, 1.54) is 11.1 Å². The number of nitrogens with one attached hydrogen (secondary N) is 2. The minimum Gasteiger partial charge on any atom is -0.388 e. The number of nitrogens with zero attached hydrogens (tertiary/aromatic N) is 6. The summed E-state index contributed by atoms with van der Waals surface area (Å²) in [5.41, 5.74) is 10.7. The van der Waals surface area contributed by atoms with Crippen molar-refractivity contribution in [1.29, 1.82) is 0 Å². The van der Waals surface area contributed by atoms with Gasteiger partial charge in [-0.15, -0.1) is 0 Å². The summed E-state index contributed by atoms with van der Waals surface area (Å²) < 4.78 is 3.64. The van der Waals surface area contributed by atoms with Crippen LogP contribution in [0.25, 0.3) is 11.2 Å². The summed E-state index contributed by atoms with van der Waals surface area (Å²) in [4.78, 5) is 14.7. The van der Waals surface area contributed by atoms with E-state index in [0.717, 1.165) is 31.4 Å². The summed E-state index contributed by atoms with van der Waals surface area (Å²) in [6.45, 7) is 2.51. The number of hydrogen-bond donors (Lipinski definition) is 5. The molecule has 0 bridgehead atoms. The van der Waals surface area contributed by atoms with Crippen molar-refractivity contribution in [3.05, 3.63) is 96.1 Å². The summed E-state index contributed by atoms with van der Waals surface area (Å²) in [5, 5.41) is 34.0. The Balaban J connectivity index is 1.23. The molecule has 45 heavy (non-hydrogen) atoms. The van der Waals surface area contributed by atoms with Gasteiger partial charge < -0.3 is 31.1 Å². The lowest BCUT2D eigenvalue weighted by Gasteiger charge is -2.27. The Morgan fingerprint density at radius 3 is 2.20 bits per heavy atom.